The minimum atomic E-state index is -2.81. The van der Waals surface area contributed by atoms with Crippen molar-refractivity contribution in [3.8, 4) is 0 Å². The maximum atomic E-state index is 13.0. The Bertz CT molecular complexity index is 112. The van der Waals surface area contributed by atoms with Crippen molar-refractivity contribution in [3.05, 3.63) is 0 Å². The van der Waals surface area contributed by atoms with Crippen molar-refractivity contribution in [3.63, 3.8) is 0 Å². The molecule has 1 atom stereocenters. The summed E-state index contributed by atoms with van der Waals surface area (Å²) in [4.78, 5) is 0. The third kappa shape index (κ3) is 3.46. The normalized spacial score (nSPS) is 14.8. The summed E-state index contributed by atoms with van der Waals surface area (Å²) in [6, 6.07) is 0. The van der Waals surface area contributed by atoms with Crippen LogP contribution >= 0.6 is 0 Å². The molecular formula is C9H17F3. The Morgan fingerprint density at radius 1 is 1.17 bits per heavy atom. The van der Waals surface area contributed by atoms with E-state index >= 15 is 0 Å². The summed E-state index contributed by atoms with van der Waals surface area (Å²) in [5, 5.41) is 0. The Kier molecular flexibility index (Phi) is 5.34. The van der Waals surface area contributed by atoms with Gasteiger partial charge in [0, 0.05) is 6.42 Å². The minimum absolute atomic E-state index is 0.193. The number of alkyl halides is 3. The monoisotopic (exact) mass is 182 g/mol. The highest BCUT2D eigenvalue weighted by atomic mass is 19.3. The lowest BCUT2D eigenvalue weighted by molar-refractivity contribution is -0.0759. The van der Waals surface area contributed by atoms with Crippen molar-refractivity contribution >= 4 is 0 Å². The fourth-order valence-corrected chi connectivity index (χ4v) is 1.29. The number of hydrogen-bond acceptors (Lipinski definition) is 0. The highest BCUT2D eigenvalue weighted by molar-refractivity contribution is 4.75. The molecule has 0 N–H and O–H groups in total. The Hall–Kier alpha value is -0.210. The zero-order valence-corrected chi connectivity index (χ0v) is 7.75. The lowest BCUT2D eigenvalue weighted by Crippen LogP contribution is -2.29. The van der Waals surface area contributed by atoms with Gasteiger partial charge in [-0.05, 0) is 6.42 Å². The van der Waals surface area contributed by atoms with E-state index < -0.39 is 18.5 Å². The average molecular weight is 182 g/mol. The fraction of sp³-hybridized carbons (Fsp3) is 1.00. The van der Waals surface area contributed by atoms with Gasteiger partial charge in [-0.3, -0.25) is 4.39 Å². The van der Waals surface area contributed by atoms with Gasteiger partial charge in [-0.2, -0.15) is 0 Å². The standard InChI is InChI=1S/C9H17F3/c1-3-5-8(7-10)9(11,12)6-4-2/h8H,3-7H2,1-2H3. The van der Waals surface area contributed by atoms with E-state index in [2.05, 4.69) is 0 Å². The van der Waals surface area contributed by atoms with E-state index in [4.69, 9.17) is 0 Å². The maximum Gasteiger partial charge on any atom is 0.253 e. The minimum Gasteiger partial charge on any atom is -0.251 e. The predicted molar refractivity (Wildman–Crippen MR) is 44.2 cm³/mol. The molecule has 0 aromatic rings. The van der Waals surface area contributed by atoms with Gasteiger partial charge in [-0.1, -0.05) is 26.7 Å². The van der Waals surface area contributed by atoms with Crippen molar-refractivity contribution in [2.24, 2.45) is 5.92 Å². The molecule has 0 bridgehead atoms. The van der Waals surface area contributed by atoms with E-state index in [-0.39, 0.29) is 12.8 Å². The molecule has 0 aliphatic rings. The van der Waals surface area contributed by atoms with E-state index in [1.54, 1.807) is 13.8 Å². The predicted octanol–water partition coefficient (Wildman–Crippen LogP) is 3.81. The smallest absolute Gasteiger partial charge is 0.251 e. The van der Waals surface area contributed by atoms with Crippen LogP contribution in [0.25, 0.3) is 0 Å². The molecule has 3 heteroatoms. The second-order valence-electron chi connectivity index (χ2n) is 3.15. The molecule has 0 nitrogen and oxygen atoms in total. The first-order chi connectivity index (χ1) is 5.58. The van der Waals surface area contributed by atoms with Crippen LogP contribution in [0.3, 0.4) is 0 Å². The van der Waals surface area contributed by atoms with Gasteiger partial charge in [-0.15, -0.1) is 0 Å². The van der Waals surface area contributed by atoms with Crippen LogP contribution in [0.2, 0.25) is 0 Å². The molecule has 0 spiro atoms. The SMILES string of the molecule is CCCC(CF)C(F)(F)CCC. The van der Waals surface area contributed by atoms with Crippen LogP contribution < -0.4 is 0 Å². The van der Waals surface area contributed by atoms with Crippen molar-refractivity contribution in [1.82, 2.24) is 0 Å². The van der Waals surface area contributed by atoms with E-state index in [0.717, 1.165) is 0 Å². The summed E-state index contributed by atoms with van der Waals surface area (Å²) in [6.07, 6.45) is 1.12. The summed E-state index contributed by atoms with van der Waals surface area (Å²) in [5.41, 5.74) is 0. The molecule has 1 unspecified atom stereocenters. The third-order valence-corrected chi connectivity index (χ3v) is 2.00. The first-order valence-electron chi connectivity index (χ1n) is 4.52. The summed E-state index contributed by atoms with van der Waals surface area (Å²) in [6.45, 7) is 2.58. The highest BCUT2D eigenvalue weighted by Gasteiger charge is 2.37. The van der Waals surface area contributed by atoms with Gasteiger partial charge < -0.3 is 0 Å². The number of rotatable bonds is 6. The van der Waals surface area contributed by atoms with E-state index in [9.17, 15) is 13.2 Å². The molecule has 0 saturated carbocycles. The highest BCUT2D eigenvalue weighted by Crippen LogP contribution is 2.32. The van der Waals surface area contributed by atoms with Gasteiger partial charge in [0.15, 0.2) is 0 Å². The van der Waals surface area contributed by atoms with Gasteiger partial charge in [0.1, 0.15) is 0 Å². The van der Waals surface area contributed by atoms with Crippen molar-refractivity contribution in [2.75, 3.05) is 6.67 Å². The molecule has 0 aromatic carbocycles. The first kappa shape index (κ1) is 11.8. The van der Waals surface area contributed by atoms with Gasteiger partial charge in [0.25, 0.3) is 5.92 Å². The van der Waals surface area contributed by atoms with Crippen molar-refractivity contribution in [2.45, 2.75) is 45.5 Å². The van der Waals surface area contributed by atoms with E-state index in [0.29, 0.717) is 12.8 Å². The Morgan fingerprint density at radius 3 is 2.08 bits per heavy atom. The van der Waals surface area contributed by atoms with Crippen LogP contribution in [0.15, 0.2) is 0 Å². The Labute approximate surface area is 72.2 Å². The number of halogens is 3. The van der Waals surface area contributed by atoms with Crippen LogP contribution in [-0.4, -0.2) is 12.6 Å². The fourth-order valence-electron chi connectivity index (χ4n) is 1.29. The molecule has 0 rings (SSSR count). The second kappa shape index (κ2) is 5.44. The quantitative estimate of drug-likeness (QED) is 0.586. The van der Waals surface area contributed by atoms with Gasteiger partial charge in [0.05, 0.1) is 12.6 Å². The summed E-state index contributed by atoms with van der Waals surface area (Å²) >= 11 is 0. The average Bonchev–Trinajstić information content (AvgIpc) is 1.99. The molecule has 0 saturated heterocycles. The maximum absolute atomic E-state index is 13.0. The molecule has 12 heavy (non-hydrogen) atoms. The molecule has 0 heterocycles. The zero-order chi connectivity index (χ0) is 9.61. The summed E-state index contributed by atoms with van der Waals surface area (Å²) in [5.74, 6) is -3.87. The molecule has 0 aromatic heterocycles. The van der Waals surface area contributed by atoms with E-state index in [1.807, 2.05) is 0 Å². The van der Waals surface area contributed by atoms with Crippen LogP contribution in [0.4, 0.5) is 13.2 Å². The zero-order valence-electron chi connectivity index (χ0n) is 7.75. The summed E-state index contributed by atoms with van der Waals surface area (Å²) < 4.78 is 38.3. The Morgan fingerprint density at radius 2 is 1.75 bits per heavy atom. The van der Waals surface area contributed by atoms with Gasteiger partial charge >= 0.3 is 0 Å². The van der Waals surface area contributed by atoms with Gasteiger partial charge in [0.2, 0.25) is 0 Å². The van der Waals surface area contributed by atoms with Crippen LogP contribution in [0.1, 0.15) is 39.5 Å². The second-order valence-corrected chi connectivity index (χ2v) is 3.15. The molecular weight excluding hydrogens is 165 g/mol. The molecule has 0 amide bonds. The Balaban J connectivity index is 4.05. The van der Waals surface area contributed by atoms with Crippen molar-refractivity contribution < 1.29 is 13.2 Å². The van der Waals surface area contributed by atoms with Gasteiger partial charge in [-0.25, -0.2) is 8.78 Å². The first-order valence-corrected chi connectivity index (χ1v) is 4.52. The lowest BCUT2D eigenvalue weighted by Gasteiger charge is -2.23. The van der Waals surface area contributed by atoms with E-state index in [1.165, 1.54) is 0 Å². The molecule has 0 fully saturated rings. The largest absolute Gasteiger partial charge is 0.253 e. The topological polar surface area (TPSA) is 0 Å². The molecule has 74 valence electrons. The van der Waals surface area contributed by atoms with Crippen LogP contribution in [0.5, 0.6) is 0 Å². The van der Waals surface area contributed by atoms with Crippen LogP contribution in [-0.2, 0) is 0 Å². The van der Waals surface area contributed by atoms with Crippen LogP contribution in [0, 0.1) is 5.92 Å². The third-order valence-electron chi connectivity index (χ3n) is 2.00. The molecule has 0 aliphatic heterocycles. The molecule has 0 radical (unpaired) electrons. The number of hydrogen-bond donors (Lipinski definition) is 0. The lowest BCUT2D eigenvalue weighted by atomic mass is 9.94. The summed E-state index contributed by atoms with van der Waals surface area (Å²) in [7, 11) is 0. The molecule has 0 aliphatic carbocycles. The van der Waals surface area contributed by atoms with Crippen molar-refractivity contribution in [1.29, 1.82) is 0 Å².